The fraction of sp³-hybridized carbons (Fsp3) is 0.611. The molecule has 0 aromatic heterocycles. The second kappa shape index (κ2) is 6.39. The Kier molecular flexibility index (Phi) is 4.50. The topological polar surface area (TPSA) is 41.6 Å². The van der Waals surface area contributed by atoms with Crippen molar-refractivity contribution >= 4 is 5.91 Å². The number of hydrogen-bond donors (Lipinski definition) is 1. The smallest absolute Gasteiger partial charge is 0.248 e. The zero-order valence-electron chi connectivity index (χ0n) is 13.6. The summed E-state index contributed by atoms with van der Waals surface area (Å²) < 4.78 is 5.96. The molecule has 1 aliphatic heterocycles. The van der Waals surface area contributed by atoms with Gasteiger partial charge in [-0.1, -0.05) is 24.3 Å². The Morgan fingerprint density at radius 3 is 2.73 bits per heavy atom. The maximum atomic E-state index is 11.8. The van der Waals surface area contributed by atoms with E-state index in [-0.39, 0.29) is 18.6 Å². The highest BCUT2D eigenvalue weighted by atomic mass is 16.5. The van der Waals surface area contributed by atoms with Crippen molar-refractivity contribution in [3.8, 4) is 0 Å². The Bertz CT molecular complexity index is 536. The van der Waals surface area contributed by atoms with E-state index < -0.39 is 0 Å². The molecule has 1 amide bonds. The predicted octanol–water partition coefficient (Wildman–Crippen LogP) is 2.25. The molecule has 1 atom stereocenters. The van der Waals surface area contributed by atoms with Crippen molar-refractivity contribution in [2.24, 2.45) is 0 Å². The molecular formula is C18H26N2O2. The van der Waals surface area contributed by atoms with E-state index in [1.165, 1.54) is 24.0 Å². The summed E-state index contributed by atoms with van der Waals surface area (Å²) in [5.41, 5.74) is 3.06. The van der Waals surface area contributed by atoms with Crippen molar-refractivity contribution in [1.82, 2.24) is 10.2 Å². The summed E-state index contributed by atoms with van der Waals surface area (Å²) in [6.45, 7) is 2.36. The van der Waals surface area contributed by atoms with E-state index in [4.69, 9.17) is 4.74 Å². The normalized spacial score (nSPS) is 23.1. The molecule has 1 saturated heterocycles. The number of rotatable bonds is 3. The number of ether oxygens (including phenoxy) is 1. The first kappa shape index (κ1) is 15.5. The third-order valence-corrected chi connectivity index (χ3v) is 5.23. The average Bonchev–Trinajstić information content (AvgIpc) is 2.55. The lowest BCUT2D eigenvalue weighted by molar-refractivity contribution is -0.136. The summed E-state index contributed by atoms with van der Waals surface area (Å²) in [6, 6.07) is 8.67. The summed E-state index contributed by atoms with van der Waals surface area (Å²) >= 11 is 0. The Morgan fingerprint density at radius 1 is 1.27 bits per heavy atom. The molecule has 1 aromatic rings. The molecule has 3 rings (SSSR count). The van der Waals surface area contributed by atoms with Crippen LogP contribution in [0.2, 0.25) is 0 Å². The van der Waals surface area contributed by atoms with Crippen molar-refractivity contribution in [2.45, 2.75) is 37.2 Å². The molecule has 4 heteroatoms. The molecule has 1 heterocycles. The molecular weight excluding hydrogens is 276 g/mol. The highest BCUT2D eigenvalue weighted by molar-refractivity contribution is 5.76. The summed E-state index contributed by atoms with van der Waals surface area (Å²) in [5.74, 6) is 0.0274. The fourth-order valence-corrected chi connectivity index (χ4v) is 3.86. The van der Waals surface area contributed by atoms with Crippen molar-refractivity contribution in [1.29, 1.82) is 0 Å². The van der Waals surface area contributed by atoms with Crippen LogP contribution in [0.15, 0.2) is 24.3 Å². The molecule has 2 aliphatic rings. The molecule has 1 unspecified atom stereocenters. The van der Waals surface area contributed by atoms with Gasteiger partial charge in [0.15, 0.2) is 0 Å². The average molecular weight is 302 g/mol. The third kappa shape index (κ3) is 2.90. The van der Waals surface area contributed by atoms with Crippen molar-refractivity contribution < 1.29 is 9.53 Å². The molecule has 0 bridgehead atoms. The first-order valence-corrected chi connectivity index (χ1v) is 8.24. The van der Waals surface area contributed by atoms with Crippen LogP contribution >= 0.6 is 0 Å². The standard InChI is InChI=1S/C18H26N2O2/c1-20(2)17(21)13-22-16-7-8-18(9-11-19-12-10-18)15-6-4-3-5-14(15)16/h3-6,16,19H,7-13H2,1-2H3. The number of amides is 1. The molecule has 1 spiro atoms. The number of benzene rings is 1. The molecule has 1 aromatic carbocycles. The molecule has 1 N–H and O–H groups in total. The Balaban J connectivity index is 1.80. The number of carbonyl (C=O) groups excluding carboxylic acids is 1. The molecule has 120 valence electrons. The van der Waals surface area contributed by atoms with E-state index >= 15 is 0 Å². The molecule has 22 heavy (non-hydrogen) atoms. The van der Waals surface area contributed by atoms with E-state index in [1.807, 2.05) is 0 Å². The number of hydrogen-bond acceptors (Lipinski definition) is 3. The van der Waals surface area contributed by atoms with Crippen LogP contribution in [-0.2, 0) is 14.9 Å². The van der Waals surface area contributed by atoms with Crippen LogP contribution < -0.4 is 5.32 Å². The van der Waals surface area contributed by atoms with Gasteiger partial charge in [0.25, 0.3) is 0 Å². The number of nitrogens with zero attached hydrogens (tertiary/aromatic N) is 1. The lowest BCUT2D eigenvalue weighted by atomic mass is 9.64. The monoisotopic (exact) mass is 302 g/mol. The zero-order valence-corrected chi connectivity index (χ0v) is 13.6. The molecule has 4 nitrogen and oxygen atoms in total. The van der Waals surface area contributed by atoms with Gasteiger partial charge in [0.05, 0.1) is 6.10 Å². The van der Waals surface area contributed by atoms with Crippen LogP contribution in [0.25, 0.3) is 0 Å². The SMILES string of the molecule is CN(C)C(=O)COC1CCC2(CCNCC2)c2ccccc21. The number of nitrogens with one attached hydrogen (secondary N) is 1. The first-order valence-electron chi connectivity index (χ1n) is 8.24. The van der Waals surface area contributed by atoms with Crippen LogP contribution in [-0.4, -0.2) is 44.6 Å². The van der Waals surface area contributed by atoms with Crippen LogP contribution in [0.4, 0.5) is 0 Å². The van der Waals surface area contributed by atoms with Crippen LogP contribution in [0.5, 0.6) is 0 Å². The van der Waals surface area contributed by atoms with Gasteiger partial charge in [-0.3, -0.25) is 4.79 Å². The summed E-state index contributed by atoms with van der Waals surface area (Å²) in [7, 11) is 3.54. The van der Waals surface area contributed by atoms with E-state index in [2.05, 4.69) is 29.6 Å². The van der Waals surface area contributed by atoms with Gasteiger partial charge in [0.1, 0.15) is 6.61 Å². The lowest BCUT2D eigenvalue weighted by Crippen LogP contribution is -2.43. The van der Waals surface area contributed by atoms with E-state index in [9.17, 15) is 4.79 Å². The van der Waals surface area contributed by atoms with Gasteiger partial charge in [0.2, 0.25) is 5.91 Å². The van der Waals surface area contributed by atoms with E-state index in [0.717, 1.165) is 25.9 Å². The van der Waals surface area contributed by atoms with Crippen LogP contribution in [0, 0.1) is 0 Å². The second-order valence-corrected chi connectivity index (χ2v) is 6.74. The molecule has 1 aliphatic carbocycles. The fourth-order valence-electron chi connectivity index (χ4n) is 3.86. The van der Waals surface area contributed by atoms with Gasteiger partial charge in [-0.2, -0.15) is 0 Å². The minimum Gasteiger partial charge on any atom is -0.364 e. The van der Waals surface area contributed by atoms with E-state index in [0.29, 0.717) is 5.41 Å². The second-order valence-electron chi connectivity index (χ2n) is 6.74. The number of carbonyl (C=O) groups is 1. The number of likely N-dealkylation sites (N-methyl/N-ethyl adjacent to an activating group) is 1. The van der Waals surface area contributed by atoms with Gasteiger partial charge in [-0.15, -0.1) is 0 Å². The van der Waals surface area contributed by atoms with Gasteiger partial charge < -0.3 is 15.0 Å². The summed E-state index contributed by atoms with van der Waals surface area (Å²) in [4.78, 5) is 13.4. The van der Waals surface area contributed by atoms with Crippen molar-refractivity contribution in [2.75, 3.05) is 33.8 Å². The van der Waals surface area contributed by atoms with Gasteiger partial charge in [-0.05, 0) is 55.3 Å². The van der Waals surface area contributed by atoms with Crippen LogP contribution in [0.3, 0.4) is 0 Å². The minimum atomic E-state index is 0.0274. The van der Waals surface area contributed by atoms with Crippen molar-refractivity contribution in [3.05, 3.63) is 35.4 Å². The third-order valence-electron chi connectivity index (χ3n) is 5.23. The predicted molar refractivity (Wildman–Crippen MR) is 86.8 cm³/mol. The Morgan fingerprint density at radius 2 is 2.00 bits per heavy atom. The Labute approximate surface area is 132 Å². The highest BCUT2D eigenvalue weighted by Gasteiger charge is 2.40. The Hall–Kier alpha value is -1.39. The van der Waals surface area contributed by atoms with Gasteiger partial charge in [-0.25, -0.2) is 0 Å². The number of fused-ring (bicyclic) bond motifs is 2. The molecule has 0 radical (unpaired) electrons. The zero-order chi connectivity index (χ0) is 15.6. The van der Waals surface area contributed by atoms with E-state index in [1.54, 1.807) is 19.0 Å². The lowest BCUT2D eigenvalue weighted by Gasteiger charge is -2.44. The quantitative estimate of drug-likeness (QED) is 0.931. The van der Waals surface area contributed by atoms with Gasteiger partial charge >= 0.3 is 0 Å². The highest BCUT2D eigenvalue weighted by Crippen LogP contribution is 2.47. The maximum Gasteiger partial charge on any atom is 0.248 e. The maximum absolute atomic E-state index is 11.8. The summed E-state index contributed by atoms with van der Waals surface area (Å²) in [5, 5.41) is 3.47. The first-order chi connectivity index (χ1) is 10.6. The summed E-state index contributed by atoms with van der Waals surface area (Å²) in [6.07, 6.45) is 4.63. The van der Waals surface area contributed by atoms with Crippen LogP contribution in [0.1, 0.15) is 42.9 Å². The molecule has 1 fully saturated rings. The molecule has 0 saturated carbocycles. The van der Waals surface area contributed by atoms with Crippen molar-refractivity contribution in [3.63, 3.8) is 0 Å². The minimum absolute atomic E-state index is 0.0274. The number of piperidine rings is 1. The largest absolute Gasteiger partial charge is 0.364 e. The van der Waals surface area contributed by atoms with Gasteiger partial charge in [0, 0.05) is 14.1 Å².